The van der Waals surface area contributed by atoms with Crippen LogP contribution in [0, 0.1) is 0 Å². The van der Waals surface area contributed by atoms with Gasteiger partial charge >= 0.3 is 0 Å². The van der Waals surface area contributed by atoms with Gasteiger partial charge in [-0.15, -0.1) is 0 Å². The number of hydrogen-bond donors (Lipinski definition) is 1. The highest BCUT2D eigenvalue weighted by Crippen LogP contribution is 2.10. The zero-order valence-corrected chi connectivity index (χ0v) is 12.8. The van der Waals surface area contributed by atoms with Crippen molar-refractivity contribution in [3.63, 3.8) is 0 Å². The maximum atomic E-state index is 12.2. The monoisotopic (exact) mass is 307 g/mol. The molecule has 0 aliphatic carbocycles. The molecule has 1 aromatic carbocycles. The van der Waals surface area contributed by atoms with Gasteiger partial charge in [0.2, 0.25) is 5.56 Å². The summed E-state index contributed by atoms with van der Waals surface area (Å²) in [6.07, 6.45) is 5.63. The average molecular weight is 307 g/mol. The standard InChI is InChI=1S/C18H17N3O2/c1-20-13-14(4-9-17(20)22)12-19-18(23)15-5-7-16(8-6-15)21-10-2-3-11-21/h2-11,13H,12H2,1H3,(H,19,23). The first-order valence-corrected chi connectivity index (χ1v) is 7.31. The predicted molar refractivity (Wildman–Crippen MR) is 88.6 cm³/mol. The second-order valence-corrected chi connectivity index (χ2v) is 5.31. The van der Waals surface area contributed by atoms with Gasteiger partial charge < -0.3 is 14.5 Å². The van der Waals surface area contributed by atoms with E-state index in [0.717, 1.165) is 11.3 Å². The van der Waals surface area contributed by atoms with Gasteiger partial charge in [0.1, 0.15) is 0 Å². The Bertz CT molecular complexity index is 862. The SMILES string of the molecule is Cn1cc(CNC(=O)c2ccc(-n3cccc3)cc2)ccc1=O. The molecule has 0 radical (unpaired) electrons. The second-order valence-electron chi connectivity index (χ2n) is 5.31. The zero-order valence-electron chi connectivity index (χ0n) is 12.8. The summed E-state index contributed by atoms with van der Waals surface area (Å²) in [5.41, 5.74) is 2.42. The van der Waals surface area contributed by atoms with E-state index >= 15 is 0 Å². The van der Waals surface area contributed by atoms with E-state index in [1.807, 2.05) is 41.2 Å². The molecule has 2 aromatic heterocycles. The summed E-state index contributed by atoms with van der Waals surface area (Å²) in [7, 11) is 1.69. The Kier molecular flexibility index (Phi) is 4.10. The summed E-state index contributed by atoms with van der Waals surface area (Å²) in [6, 6.07) is 14.5. The summed E-state index contributed by atoms with van der Waals surface area (Å²) in [6.45, 7) is 0.381. The maximum Gasteiger partial charge on any atom is 0.251 e. The smallest absolute Gasteiger partial charge is 0.251 e. The Morgan fingerprint density at radius 3 is 2.39 bits per heavy atom. The number of amides is 1. The number of nitrogens with zero attached hydrogens (tertiary/aromatic N) is 2. The van der Waals surface area contributed by atoms with E-state index in [9.17, 15) is 9.59 Å². The fourth-order valence-electron chi connectivity index (χ4n) is 2.33. The Hall–Kier alpha value is -3.08. The Morgan fingerprint density at radius 2 is 1.74 bits per heavy atom. The first kappa shape index (κ1) is 14.8. The maximum absolute atomic E-state index is 12.2. The molecule has 0 fully saturated rings. The molecule has 5 heteroatoms. The van der Waals surface area contributed by atoms with E-state index < -0.39 is 0 Å². The highest BCUT2D eigenvalue weighted by Gasteiger charge is 2.06. The summed E-state index contributed by atoms with van der Waals surface area (Å²) >= 11 is 0. The summed E-state index contributed by atoms with van der Waals surface area (Å²) < 4.78 is 3.47. The first-order chi connectivity index (χ1) is 11.1. The van der Waals surface area contributed by atoms with Crippen LogP contribution in [0.3, 0.4) is 0 Å². The quantitative estimate of drug-likeness (QED) is 0.802. The average Bonchev–Trinajstić information content (AvgIpc) is 3.10. The Labute approximate surface area is 133 Å². The molecule has 1 N–H and O–H groups in total. The van der Waals surface area contributed by atoms with Gasteiger partial charge in [0.15, 0.2) is 0 Å². The molecule has 0 bridgehead atoms. The molecule has 116 valence electrons. The largest absolute Gasteiger partial charge is 0.348 e. The van der Waals surface area contributed by atoms with Gasteiger partial charge in [-0.3, -0.25) is 9.59 Å². The van der Waals surface area contributed by atoms with Gasteiger partial charge in [-0.25, -0.2) is 0 Å². The van der Waals surface area contributed by atoms with Gasteiger partial charge in [0.25, 0.3) is 5.91 Å². The van der Waals surface area contributed by atoms with Gasteiger partial charge in [0.05, 0.1) is 0 Å². The number of aryl methyl sites for hydroxylation is 1. The number of benzene rings is 1. The summed E-state index contributed by atoms with van der Waals surface area (Å²) in [5, 5.41) is 2.86. The van der Waals surface area contributed by atoms with Crippen molar-refractivity contribution in [2.24, 2.45) is 7.05 Å². The van der Waals surface area contributed by atoms with E-state index in [1.165, 1.54) is 10.6 Å². The van der Waals surface area contributed by atoms with Crippen LogP contribution in [0.15, 0.2) is 71.9 Å². The van der Waals surface area contributed by atoms with Crippen LogP contribution in [-0.4, -0.2) is 15.0 Å². The van der Waals surface area contributed by atoms with Crippen molar-refractivity contribution in [2.45, 2.75) is 6.54 Å². The fraction of sp³-hybridized carbons (Fsp3) is 0.111. The molecule has 0 aliphatic rings. The van der Waals surface area contributed by atoms with Crippen LogP contribution in [0.5, 0.6) is 0 Å². The molecule has 0 spiro atoms. The minimum Gasteiger partial charge on any atom is -0.348 e. The minimum atomic E-state index is -0.141. The topological polar surface area (TPSA) is 56.0 Å². The van der Waals surface area contributed by atoms with Gasteiger partial charge in [-0.2, -0.15) is 0 Å². The lowest BCUT2D eigenvalue weighted by atomic mass is 10.2. The molecule has 0 unspecified atom stereocenters. The Morgan fingerprint density at radius 1 is 1.04 bits per heavy atom. The van der Waals surface area contributed by atoms with E-state index in [-0.39, 0.29) is 11.5 Å². The van der Waals surface area contributed by atoms with Gasteiger partial charge in [0, 0.05) is 49.5 Å². The number of pyridine rings is 1. The third-order valence-corrected chi connectivity index (χ3v) is 3.63. The van der Waals surface area contributed by atoms with Crippen molar-refractivity contribution >= 4 is 5.91 Å². The van der Waals surface area contributed by atoms with Crippen LogP contribution >= 0.6 is 0 Å². The van der Waals surface area contributed by atoms with Crippen molar-refractivity contribution in [2.75, 3.05) is 0 Å². The first-order valence-electron chi connectivity index (χ1n) is 7.31. The van der Waals surface area contributed by atoms with Crippen LogP contribution in [0.2, 0.25) is 0 Å². The van der Waals surface area contributed by atoms with Crippen molar-refractivity contribution in [3.05, 3.63) is 88.6 Å². The van der Waals surface area contributed by atoms with Crippen LogP contribution in [0.4, 0.5) is 0 Å². The van der Waals surface area contributed by atoms with E-state index in [0.29, 0.717) is 12.1 Å². The highest BCUT2D eigenvalue weighted by atomic mass is 16.1. The molecule has 0 aliphatic heterocycles. The van der Waals surface area contributed by atoms with E-state index in [4.69, 9.17) is 0 Å². The molecule has 0 saturated carbocycles. The van der Waals surface area contributed by atoms with E-state index in [2.05, 4.69) is 5.32 Å². The zero-order chi connectivity index (χ0) is 16.2. The van der Waals surface area contributed by atoms with Crippen molar-refractivity contribution < 1.29 is 4.79 Å². The number of carbonyl (C=O) groups is 1. The molecule has 3 rings (SSSR count). The number of aromatic nitrogens is 2. The lowest BCUT2D eigenvalue weighted by Crippen LogP contribution is -2.24. The van der Waals surface area contributed by atoms with Gasteiger partial charge in [-0.1, -0.05) is 6.07 Å². The van der Waals surface area contributed by atoms with Crippen molar-refractivity contribution in [3.8, 4) is 5.69 Å². The number of hydrogen-bond acceptors (Lipinski definition) is 2. The lowest BCUT2D eigenvalue weighted by Gasteiger charge is -2.08. The third kappa shape index (κ3) is 3.40. The summed E-state index contributed by atoms with van der Waals surface area (Å²) in [4.78, 5) is 23.5. The molecule has 5 nitrogen and oxygen atoms in total. The number of nitrogens with one attached hydrogen (secondary N) is 1. The van der Waals surface area contributed by atoms with Crippen LogP contribution in [0.25, 0.3) is 5.69 Å². The van der Waals surface area contributed by atoms with Crippen LogP contribution < -0.4 is 10.9 Å². The highest BCUT2D eigenvalue weighted by molar-refractivity contribution is 5.94. The van der Waals surface area contributed by atoms with Crippen LogP contribution in [-0.2, 0) is 13.6 Å². The normalized spacial score (nSPS) is 10.5. The van der Waals surface area contributed by atoms with Crippen LogP contribution in [0.1, 0.15) is 15.9 Å². The lowest BCUT2D eigenvalue weighted by molar-refractivity contribution is 0.0951. The second kappa shape index (κ2) is 6.36. The van der Waals surface area contributed by atoms with Crippen molar-refractivity contribution in [1.82, 2.24) is 14.5 Å². The molecule has 0 saturated heterocycles. The molecule has 2 heterocycles. The van der Waals surface area contributed by atoms with Gasteiger partial charge in [-0.05, 0) is 42.0 Å². The summed E-state index contributed by atoms with van der Waals surface area (Å²) in [5.74, 6) is -0.141. The molecule has 23 heavy (non-hydrogen) atoms. The minimum absolute atomic E-state index is 0.0688. The molecular weight excluding hydrogens is 290 g/mol. The molecule has 3 aromatic rings. The predicted octanol–water partition coefficient (Wildman–Crippen LogP) is 2.11. The fourth-order valence-corrected chi connectivity index (χ4v) is 2.33. The van der Waals surface area contributed by atoms with Crippen molar-refractivity contribution in [1.29, 1.82) is 0 Å². The number of carbonyl (C=O) groups excluding carboxylic acids is 1. The molecule has 0 atom stereocenters. The third-order valence-electron chi connectivity index (χ3n) is 3.63. The van der Waals surface area contributed by atoms with E-state index in [1.54, 1.807) is 31.4 Å². The number of rotatable bonds is 4. The Balaban J connectivity index is 1.66. The molecular formula is C18H17N3O2. The molecule has 1 amide bonds.